The number of unbranched alkanes of at least 4 members (excludes halogenated alkanes) is 1. The Labute approximate surface area is 149 Å². The van der Waals surface area contributed by atoms with Crippen molar-refractivity contribution in [1.29, 1.82) is 0 Å². The van der Waals surface area contributed by atoms with Crippen LogP contribution in [0.4, 0.5) is 0 Å². The minimum atomic E-state index is -0.397. The molecule has 1 N–H and O–H groups in total. The largest absolute Gasteiger partial charge is 0.369 e. The molecule has 130 valence electrons. The fraction of sp³-hybridized carbons (Fsp3) is 0.588. The standard InChI is InChI=1S/C17H25ClN2O2.ClH/c1-3-4-10-22-13(2)17(21)20-9-8-19-12-16(20)14-6-5-7-15(18)11-14;/h5-7,11,13,16,19H,3-4,8-10,12H2,1-2H3;1H. The van der Waals surface area contributed by atoms with Gasteiger partial charge in [0.1, 0.15) is 6.10 Å². The van der Waals surface area contributed by atoms with Crippen molar-refractivity contribution < 1.29 is 9.53 Å². The molecule has 1 aliphatic rings. The smallest absolute Gasteiger partial charge is 0.252 e. The fourth-order valence-corrected chi connectivity index (χ4v) is 2.89. The first kappa shape index (κ1) is 20.2. The van der Waals surface area contributed by atoms with E-state index in [4.69, 9.17) is 16.3 Å². The van der Waals surface area contributed by atoms with Gasteiger partial charge in [-0.05, 0) is 31.0 Å². The second-order valence-electron chi connectivity index (χ2n) is 5.67. The summed E-state index contributed by atoms with van der Waals surface area (Å²) in [5.41, 5.74) is 1.06. The van der Waals surface area contributed by atoms with E-state index >= 15 is 0 Å². The monoisotopic (exact) mass is 360 g/mol. The number of hydrogen-bond donors (Lipinski definition) is 1. The summed E-state index contributed by atoms with van der Waals surface area (Å²) in [5, 5.41) is 4.05. The number of carbonyl (C=O) groups is 1. The summed E-state index contributed by atoms with van der Waals surface area (Å²) in [5.74, 6) is 0.0579. The summed E-state index contributed by atoms with van der Waals surface area (Å²) >= 11 is 6.09. The molecule has 0 bridgehead atoms. The highest BCUT2D eigenvalue weighted by Gasteiger charge is 2.30. The summed E-state index contributed by atoms with van der Waals surface area (Å²) in [7, 11) is 0. The highest BCUT2D eigenvalue weighted by atomic mass is 35.5. The lowest BCUT2D eigenvalue weighted by atomic mass is 10.0. The Morgan fingerprint density at radius 3 is 3.00 bits per heavy atom. The third-order valence-electron chi connectivity index (χ3n) is 3.97. The molecule has 2 atom stereocenters. The van der Waals surface area contributed by atoms with Crippen molar-refractivity contribution in [3.63, 3.8) is 0 Å². The van der Waals surface area contributed by atoms with Crippen LogP contribution in [0.2, 0.25) is 5.02 Å². The first-order valence-corrected chi connectivity index (χ1v) is 8.39. The van der Waals surface area contributed by atoms with E-state index in [1.807, 2.05) is 36.1 Å². The molecular formula is C17H26Cl2N2O2. The number of halogens is 2. The molecule has 6 heteroatoms. The Hall–Kier alpha value is -0.810. The molecule has 2 rings (SSSR count). The molecule has 23 heavy (non-hydrogen) atoms. The summed E-state index contributed by atoms with van der Waals surface area (Å²) in [4.78, 5) is 14.6. The number of ether oxygens (including phenoxy) is 1. The first-order chi connectivity index (χ1) is 10.6. The Kier molecular flexibility index (Phi) is 8.92. The van der Waals surface area contributed by atoms with Crippen LogP contribution in [0.1, 0.15) is 38.3 Å². The van der Waals surface area contributed by atoms with Gasteiger partial charge in [-0.3, -0.25) is 4.79 Å². The Morgan fingerprint density at radius 2 is 2.30 bits per heavy atom. The zero-order chi connectivity index (χ0) is 15.9. The summed E-state index contributed by atoms with van der Waals surface area (Å²) in [6, 6.07) is 7.74. The lowest BCUT2D eigenvalue weighted by Crippen LogP contribution is -2.51. The summed E-state index contributed by atoms with van der Waals surface area (Å²) in [6.45, 7) is 6.84. The van der Waals surface area contributed by atoms with E-state index in [9.17, 15) is 4.79 Å². The highest BCUT2D eigenvalue weighted by molar-refractivity contribution is 6.30. The second kappa shape index (κ2) is 10.1. The summed E-state index contributed by atoms with van der Waals surface area (Å²) < 4.78 is 5.67. The number of hydrogen-bond acceptors (Lipinski definition) is 3. The van der Waals surface area contributed by atoms with Crippen LogP contribution in [-0.4, -0.2) is 43.2 Å². The van der Waals surface area contributed by atoms with Crippen molar-refractivity contribution in [3.05, 3.63) is 34.9 Å². The maximum absolute atomic E-state index is 12.7. The van der Waals surface area contributed by atoms with Crippen LogP contribution < -0.4 is 5.32 Å². The van der Waals surface area contributed by atoms with Gasteiger partial charge in [0.2, 0.25) is 0 Å². The molecule has 1 aromatic rings. The van der Waals surface area contributed by atoms with Crippen LogP contribution >= 0.6 is 24.0 Å². The van der Waals surface area contributed by atoms with Gasteiger partial charge in [-0.1, -0.05) is 37.1 Å². The van der Waals surface area contributed by atoms with Gasteiger partial charge in [-0.15, -0.1) is 12.4 Å². The van der Waals surface area contributed by atoms with Crippen molar-refractivity contribution in [2.45, 2.75) is 38.8 Å². The first-order valence-electron chi connectivity index (χ1n) is 8.01. The van der Waals surface area contributed by atoms with E-state index in [0.717, 1.165) is 31.5 Å². The van der Waals surface area contributed by atoms with Crippen LogP contribution in [0, 0.1) is 0 Å². The number of nitrogens with zero attached hydrogens (tertiary/aromatic N) is 1. The summed E-state index contributed by atoms with van der Waals surface area (Å²) in [6.07, 6.45) is 1.66. The van der Waals surface area contributed by atoms with E-state index in [2.05, 4.69) is 12.2 Å². The molecule has 0 aromatic heterocycles. The number of rotatable bonds is 6. The minimum Gasteiger partial charge on any atom is -0.369 e. The SMILES string of the molecule is CCCCOC(C)C(=O)N1CCNCC1c1cccc(Cl)c1.Cl. The minimum absolute atomic E-state index is 0. The van der Waals surface area contributed by atoms with E-state index in [1.54, 1.807) is 0 Å². The predicted octanol–water partition coefficient (Wildman–Crippen LogP) is 3.44. The maximum atomic E-state index is 12.7. The van der Waals surface area contributed by atoms with Crippen LogP contribution in [-0.2, 0) is 9.53 Å². The molecule has 1 heterocycles. The molecule has 1 aromatic carbocycles. The third-order valence-corrected chi connectivity index (χ3v) is 4.21. The molecule has 1 saturated heterocycles. The second-order valence-corrected chi connectivity index (χ2v) is 6.11. The third kappa shape index (κ3) is 5.64. The maximum Gasteiger partial charge on any atom is 0.252 e. The van der Waals surface area contributed by atoms with Crippen LogP contribution in [0.15, 0.2) is 24.3 Å². The zero-order valence-corrected chi connectivity index (χ0v) is 15.3. The molecule has 0 aliphatic carbocycles. The van der Waals surface area contributed by atoms with Gasteiger partial charge < -0.3 is 15.0 Å². The molecule has 4 nitrogen and oxygen atoms in total. The molecule has 0 saturated carbocycles. The predicted molar refractivity (Wildman–Crippen MR) is 96.3 cm³/mol. The van der Waals surface area contributed by atoms with E-state index < -0.39 is 6.10 Å². The van der Waals surface area contributed by atoms with Crippen molar-refractivity contribution in [3.8, 4) is 0 Å². The van der Waals surface area contributed by atoms with Crippen molar-refractivity contribution in [2.75, 3.05) is 26.2 Å². The topological polar surface area (TPSA) is 41.6 Å². The molecule has 1 aliphatic heterocycles. The average molecular weight is 361 g/mol. The van der Waals surface area contributed by atoms with Crippen LogP contribution in [0.25, 0.3) is 0 Å². The van der Waals surface area contributed by atoms with Crippen molar-refractivity contribution in [2.24, 2.45) is 0 Å². The molecule has 1 fully saturated rings. The lowest BCUT2D eigenvalue weighted by Gasteiger charge is -2.38. The van der Waals surface area contributed by atoms with Crippen LogP contribution in [0.5, 0.6) is 0 Å². The molecule has 2 unspecified atom stereocenters. The van der Waals surface area contributed by atoms with Gasteiger partial charge in [0.05, 0.1) is 6.04 Å². The Balaban J connectivity index is 0.00000264. The van der Waals surface area contributed by atoms with E-state index in [-0.39, 0.29) is 24.4 Å². The number of amides is 1. The zero-order valence-electron chi connectivity index (χ0n) is 13.8. The van der Waals surface area contributed by atoms with Gasteiger partial charge in [-0.25, -0.2) is 0 Å². The molecule has 0 spiro atoms. The quantitative estimate of drug-likeness (QED) is 0.790. The van der Waals surface area contributed by atoms with Crippen molar-refractivity contribution >= 4 is 29.9 Å². The fourth-order valence-electron chi connectivity index (χ4n) is 2.69. The van der Waals surface area contributed by atoms with E-state index in [1.165, 1.54) is 0 Å². The van der Waals surface area contributed by atoms with Gasteiger partial charge >= 0.3 is 0 Å². The van der Waals surface area contributed by atoms with Crippen LogP contribution in [0.3, 0.4) is 0 Å². The number of piperazine rings is 1. The Bertz CT molecular complexity index is 499. The van der Waals surface area contributed by atoms with Gasteiger partial charge in [0.25, 0.3) is 5.91 Å². The van der Waals surface area contributed by atoms with E-state index in [0.29, 0.717) is 18.2 Å². The molecule has 0 radical (unpaired) electrons. The number of carbonyl (C=O) groups excluding carboxylic acids is 1. The molecular weight excluding hydrogens is 335 g/mol. The van der Waals surface area contributed by atoms with Gasteiger partial charge in [-0.2, -0.15) is 0 Å². The Morgan fingerprint density at radius 1 is 1.52 bits per heavy atom. The average Bonchev–Trinajstić information content (AvgIpc) is 2.54. The van der Waals surface area contributed by atoms with Gasteiger partial charge in [0, 0.05) is 31.3 Å². The van der Waals surface area contributed by atoms with Gasteiger partial charge in [0.15, 0.2) is 0 Å². The number of benzene rings is 1. The number of nitrogens with one attached hydrogen (secondary N) is 1. The normalized spacial score (nSPS) is 19.1. The van der Waals surface area contributed by atoms with Crippen molar-refractivity contribution in [1.82, 2.24) is 10.2 Å². The molecule has 1 amide bonds. The lowest BCUT2D eigenvalue weighted by molar-refractivity contribution is -0.146. The highest BCUT2D eigenvalue weighted by Crippen LogP contribution is 2.25.